The van der Waals surface area contributed by atoms with Crippen molar-refractivity contribution in [2.24, 2.45) is 5.41 Å². The monoisotopic (exact) mass is 429 g/mol. The Balaban J connectivity index is 1.58. The highest BCUT2D eigenvalue weighted by Gasteiger charge is 2.22. The molecule has 0 bridgehead atoms. The second-order valence-electron chi connectivity index (χ2n) is 8.58. The van der Waals surface area contributed by atoms with E-state index in [1.807, 2.05) is 32.9 Å². The Morgan fingerprint density at radius 3 is 2.75 bits per heavy atom. The molecule has 0 atom stereocenters. The van der Waals surface area contributed by atoms with Crippen molar-refractivity contribution in [2.45, 2.75) is 20.8 Å². The number of hydrogen-bond acceptors (Lipinski definition) is 5. The number of carbonyl (C=O) groups excluding carboxylic acids is 1. The summed E-state index contributed by atoms with van der Waals surface area (Å²) in [5, 5.41) is 10.7. The molecule has 1 aromatic carbocycles. The Morgan fingerprint density at radius 1 is 1.12 bits per heavy atom. The molecule has 0 radical (unpaired) electrons. The van der Waals surface area contributed by atoms with Gasteiger partial charge in [-0.05, 0) is 24.3 Å². The van der Waals surface area contributed by atoms with Crippen LogP contribution in [0.4, 0.5) is 10.1 Å². The summed E-state index contributed by atoms with van der Waals surface area (Å²) in [4.78, 5) is 28.4. The van der Waals surface area contributed by atoms with Crippen molar-refractivity contribution in [1.29, 1.82) is 0 Å². The van der Waals surface area contributed by atoms with Gasteiger partial charge in [0, 0.05) is 40.4 Å². The van der Waals surface area contributed by atoms with E-state index < -0.39 is 11.2 Å². The third-order valence-electron chi connectivity index (χ3n) is 5.12. The molecule has 32 heavy (non-hydrogen) atoms. The molecule has 0 aliphatic heterocycles. The highest BCUT2D eigenvalue weighted by Crippen LogP contribution is 2.33. The number of rotatable bonds is 3. The van der Waals surface area contributed by atoms with Crippen LogP contribution < -0.4 is 5.32 Å². The average Bonchev–Trinajstić information content (AvgIpc) is 3.36. The fraction of sp³-hybridized carbons (Fsp3) is 0.174. The van der Waals surface area contributed by atoms with Crippen molar-refractivity contribution in [1.82, 2.24) is 30.1 Å². The zero-order chi connectivity index (χ0) is 22.5. The lowest BCUT2D eigenvalue weighted by molar-refractivity contribution is -0.123. The number of aromatic nitrogens is 6. The topological polar surface area (TPSA) is 112 Å². The number of pyridine rings is 2. The summed E-state index contributed by atoms with van der Waals surface area (Å²) in [5.41, 5.74) is 3.28. The molecule has 9 heteroatoms. The zero-order valence-electron chi connectivity index (χ0n) is 17.7. The van der Waals surface area contributed by atoms with Gasteiger partial charge in [0.25, 0.3) is 0 Å². The summed E-state index contributed by atoms with van der Waals surface area (Å²) in [5.74, 6) is -0.0464. The van der Waals surface area contributed by atoms with E-state index in [4.69, 9.17) is 0 Å². The number of nitrogens with zero attached hydrogens (tertiary/aromatic N) is 4. The first-order valence-electron chi connectivity index (χ1n) is 10.1. The second kappa shape index (κ2) is 7.23. The maximum absolute atomic E-state index is 15.0. The molecule has 0 aliphatic rings. The summed E-state index contributed by atoms with van der Waals surface area (Å²) >= 11 is 0. The van der Waals surface area contributed by atoms with Crippen LogP contribution in [0.3, 0.4) is 0 Å². The van der Waals surface area contributed by atoms with Gasteiger partial charge in [0.1, 0.15) is 11.5 Å². The average molecular weight is 429 g/mol. The van der Waals surface area contributed by atoms with Crippen LogP contribution >= 0.6 is 0 Å². The molecular weight excluding hydrogens is 409 g/mol. The number of amides is 1. The van der Waals surface area contributed by atoms with Crippen LogP contribution in [0.1, 0.15) is 20.8 Å². The number of nitrogens with one attached hydrogen (secondary N) is 3. The summed E-state index contributed by atoms with van der Waals surface area (Å²) in [6.45, 7) is 5.46. The SMILES string of the molecule is CC(C)(C)C(=O)Nc1cncc(-c2cc3c(-c4nc5ncccc5[nH]4)n[nH]c3cc2F)c1. The molecule has 160 valence electrons. The molecule has 5 rings (SSSR count). The predicted molar refractivity (Wildman–Crippen MR) is 120 cm³/mol. The lowest BCUT2D eigenvalue weighted by Gasteiger charge is -2.17. The van der Waals surface area contributed by atoms with Crippen molar-refractivity contribution >= 4 is 33.7 Å². The van der Waals surface area contributed by atoms with Gasteiger partial charge in [-0.15, -0.1) is 0 Å². The van der Waals surface area contributed by atoms with Crippen LogP contribution in [0.5, 0.6) is 0 Å². The lowest BCUT2D eigenvalue weighted by atomic mass is 9.95. The van der Waals surface area contributed by atoms with Crippen molar-refractivity contribution in [3.63, 3.8) is 0 Å². The van der Waals surface area contributed by atoms with Crippen LogP contribution in [-0.4, -0.2) is 36.0 Å². The van der Waals surface area contributed by atoms with Gasteiger partial charge in [-0.2, -0.15) is 5.10 Å². The Bertz CT molecular complexity index is 1450. The molecule has 0 saturated carbocycles. The molecule has 8 nitrogen and oxygen atoms in total. The predicted octanol–water partition coefficient (Wildman–Crippen LogP) is 4.69. The highest BCUT2D eigenvalue weighted by atomic mass is 19.1. The maximum Gasteiger partial charge on any atom is 0.229 e. The minimum atomic E-state index is -0.562. The van der Waals surface area contributed by atoms with Crippen LogP contribution in [0.2, 0.25) is 0 Å². The normalized spacial score (nSPS) is 11.9. The summed E-state index contributed by atoms with van der Waals surface area (Å²) in [7, 11) is 0. The maximum atomic E-state index is 15.0. The third-order valence-corrected chi connectivity index (χ3v) is 5.12. The molecule has 4 heterocycles. The van der Waals surface area contributed by atoms with Crippen molar-refractivity contribution < 1.29 is 9.18 Å². The standard InChI is InChI=1S/C23H20FN7O/c1-23(2,3)22(32)27-13-7-12(10-25-11-13)14-8-15-18(9-16(14)24)30-31-19(15)21-28-17-5-4-6-26-20(17)29-21/h4-11H,1-3H3,(H,27,32)(H,30,31)(H,26,28,29). The summed E-state index contributed by atoms with van der Waals surface area (Å²) in [6, 6.07) is 8.49. The van der Waals surface area contributed by atoms with Gasteiger partial charge < -0.3 is 10.3 Å². The third kappa shape index (κ3) is 3.47. The highest BCUT2D eigenvalue weighted by molar-refractivity contribution is 5.97. The number of fused-ring (bicyclic) bond motifs is 2. The zero-order valence-corrected chi connectivity index (χ0v) is 17.7. The van der Waals surface area contributed by atoms with Crippen molar-refractivity contribution in [3.05, 3.63) is 54.7 Å². The number of carbonyl (C=O) groups is 1. The molecule has 0 unspecified atom stereocenters. The Hall–Kier alpha value is -4.14. The summed E-state index contributed by atoms with van der Waals surface area (Å²) in [6.07, 6.45) is 4.76. The smallest absolute Gasteiger partial charge is 0.229 e. The van der Waals surface area contributed by atoms with Crippen LogP contribution in [0.15, 0.2) is 48.9 Å². The van der Waals surface area contributed by atoms with Gasteiger partial charge in [0.15, 0.2) is 11.5 Å². The second-order valence-corrected chi connectivity index (χ2v) is 8.58. The van der Waals surface area contributed by atoms with E-state index in [9.17, 15) is 9.18 Å². The number of anilines is 1. The fourth-order valence-corrected chi connectivity index (χ4v) is 3.37. The molecule has 0 fully saturated rings. The summed E-state index contributed by atoms with van der Waals surface area (Å²) < 4.78 is 15.0. The van der Waals surface area contributed by atoms with E-state index in [0.717, 1.165) is 5.52 Å². The van der Waals surface area contributed by atoms with Crippen molar-refractivity contribution in [2.75, 3.05) is 5.32 Å². The van der Waals surface area contributed by atoms with Crippen LogP contribution in [0, 0.1) is 11.2 Å². The first-order valence-corrected chi connectivity index (χ1v) is 10.1. The number of benzene rings is 1. The van der Waals surface area contributed by atoms with Gasteiger partial charge in [0.05, 0.1) is 22.9 Å². The van der Waals surface area contributed by atoms with E-state index in [2.05, 4.69) is 35.5 Å². The van der Waals surface area contributed by atoms with Crippen molar-refractivity contribution in [3.8, 4) is 22.6 Å². The van der Waals surface area contributed by atoms with E-state index >= 15 is 0 Å². The molecule has 0 saturated heterocycles. The van der Waals surface area contributed by atoms with Gasteiger partial charge in [0.2, 0.25) is 5.91 Å². The fourth-order valence-electron chi connectivity index (χ4n) is 3.37. The molecule has 0 aliphatic carbocycles. The molecule has 5 aromatic rings. The van der Waals surface area contributed by atoms with Crippen LogP contribution in [-0.2, 0) is 4.79 Å². The number of imidazole rings is 1. The lowest BCUT2D eigenvalue weighted by Crippen LogP contribution is -2.27. The quantitative estimate of drug-likeness (QED) is 0.385. The van der Waals surface area contributed by atoms with Gasteiger partial charge in [-0.25, -0.2) is 14.4 Å². The first-order chi connectivity index (χ1) is 15.3. The first kappa shape index (κ1) is 19.8. The van der Waals surface area contributed by atoms with E-state index in [-0.39, 0.29) is 5.91 Å². The molecule has 1 amide bonds. The van der Waals surface area contributed by atoms with E-state index in [0.29, 0.717) is 44.9 Å². The Morgan fingerprint density at radius 2 is 1.97 bits per heavy atom. The van der Waals surface area contributed by atoms with Gasteiger partial charge >= 0.3 is 0 Å². The van der Waals surface area contributed by atoms with Crippen LogP contribution in [0.25, 0.3) is 44.7 Å². The number of hydrogen-bond donors (Lipinski definition) is 3. The number of aromatic amines is 2. The molecule has 0 spiro atoms. The number of halogens is 1. The Labute approximate surface area is 182 Å². The number of H-pyrrole nitrogens is 2. The van der Waals surface area contributed by atoms with Gasteiger partial charge in [-0.3, -0.25) is 14.9 Å². The molecule has 3 N–H and O–H groups in total. The molecular formula is C23H20FN7O. The van der Waals surface area contributed by atoms with Gasteiger partial charge in [-0.1, -0.05) is 20.8 Å². The minimum absolute atomic E-state index is 0.150. The van der Waals surface area contributed by atoms with E-state index in [1.54, 1.807) is 24.5 Å². The largest absolute Gasteiger partial charge is 0.335 e. The minimum Gasteiger partial charge on any atom is -0.335 e. The molecule has 4 aromatic heterocycles. The van der Waals surface area contributed by atoms with E-state index in [1.165, 1.54) is 12.3 Å². The Kier molecular flexibility index (Phi) is 4.47.